The van der Waals surface area contributed by atoms with Crippen LogP contribution >= 0.6 is 0 Å². The monoisotopic (exact) mass is 275 g/mol. The molecule has 6 nitrogen and oxygen atoms in total. The van der Waals surface area contributed by atoms with E-state index in [2.05, 4.69) is 20.6 Å². The van der Waals surface area contributed by atoms with Crippen LogP contribution in [0.15, 0.2) is 18.5 Å². The van der Waals surface area contributed by atoms with Crippen molar-refractivity contribution in [2.45, 2.75) is 39.7 Å². The number of aryl methyl sites for hydroxylation is 2. The zero-order valence-corrected chi connectivity index (χ0v) is 12.2. The molecule has 0 aliphatic heterocycles. The van der Waals surface area contributed by atoms with Crippen molar-refractivity contribution in [3.63, 3.8) is 0 Å². The minimum atomic E-state index is -0.239. The summed E-state index contributed by atoms with van der Waals surface area (Å²) >= 11 is 0. The predicted octanol–water partition coefficient (Wildman–Crippen LogP) is 1.53. The third-order valence-electron chi connectivity index (χ3n) is 3.49. The normalized spacial score (nSPS) is 12.3. The Bertz CT molecular complexity index is 539. The molecule has 2 aromatic rings. The summed E-state index contributed by atoms with van der Waals surface area (Å²) in [5, 5.41) is 14.2. The minimum Gasteiger partial charge on any atom is -0.354 e. The SMILES string of the molecule is CCC(C(=O)NCCc1c(C)n[nH]c1C)n1cccn1. The first-order valence-corrected chi connectivity index (χ1v) is 6.90. The van der Waals surface area contributed by atoms with E-state index in [1.807, 2.05) is 33.0 Å². The summed E-state index contributed by atoms with van der Waals surface area (Å²) in [6.07, 6.45) is 5.01. The Kier molecular flexibility index (Phi) is 4.55. The maximum Gasteiger partial charge on any atom is 0.244 e. The van der Waals surface area contributed by atoms with Gasteiger partial charge in [-0.2, -0.15) is 10.2 Å². The van der Waals surface area contributed by atoms with Gasteiger partial charge in [0.1, 0.15) is 6.04 Å². The van der Waals surface area contributed by atoms with E-state index in [4.69, 9.17) is 0 Å². The Morgan fingerprint density at radius 3 is 2.85 bits per heavy atom. The van der Waals surface area contributed by atoms with Crippen molar-refractivity contribution in [2.75, 3.05) is 6.54 Å². The Morgan fingerprint density at radius 2 is 2.30 bits per heavy atom. The van der Waals surface area contributed by atoms with Crippen molar-refractivity contribution in [1.29, 1.82) is 0 Å². The van der Waals surface area contributed by atoms with E-state index in [1.165, 1.54) is 5.56 Å². The number of hydrogen-bond donors (Lipinski definition) is 2. The molecule has 0 fully saturated rings. The van der Waals surface area contributed by atoms with Crippen molar-refractivity contribution >= 4 is 5.91 Å². The molecule has 0 bridgehead atoms. The first-order valence-electron chi connectivity index (χ1n) is 6.90. The summed E-state index contributed by atoms with van der Waals surface area (Å²) in [6, 6.07) is 1.59. The molecule has 0 radical (unpaired) electrons. The van der Waals surface area contributed by atoms with E-state index in [0.717, 1.165) is 24.2 Å². The topological polar surface area (TPSA) is 75.6 Å². The van der Waals surface area contributed by atoms with Crippen LogP contribution in [0.3, 0.4) is 0 Å². The second-order valence-electron chi connectivity index (χ2n) is 4.86. The highest BCUT2D eigenvalue weighted by Gasteiger charge is 2.18. The lowest BCUT2D eigenvalue weighted by Crippen LogP contribution is -2.34. The molecule has 1 amide bonds. The lowest BCUT2D eigenvalue weighted by atomic mass is 10.1. The van der Waals surface area contributed by atoms with Gasteiger partial charge in [-0.3, -0.25) is 14.6 Å². The fourth-order valence-electron chi connectivity index (χ4n) is 2.33. The molecular weight excluding hydrogens is 254 g/mol. The molecule has 0 aliphatic carbocycles. The molecule has 0 saturated heterocycles. The number of rotatable bonds is 6. The Labute approximate surface area is 118 Å². The lowest BCUT2D eigenvalue weighted by molar-refractivity contribution is -0.124. The van der Waals surface area contributed by atoms with E-state index in [1.54, 1.807) is 10.9 Å². The zero-order chi connectivity index (χ0) is 14.5. The smallest absolute Gasteiger partial charge is 0.244 e. The average Bonchev–Trinajstić information content (AvgIpc) is 3.04. The zero-order valence-electron chi connectivity index (χ0n) is 12.2. The molecule has 6 heteroatoms. The number of nitrogens with zero attached hydrogens (tertiary/aromatic N) is 3. The third-order valence-corrected chi connectivity index (χ3v) is 3.49. The van der Waals surface area contributed by atoms with Crippen molar-refractivity contribution < 1.29 is 4.79 Å². The highest BCUT2D eigenvalue weighted by Crippen LogP contribution is 2.11. The van der Waals surface area contributed by atoms with Gasteiger partial charge in [-0.1, -0.05) is 6.92 Å². The second kappa shape index (κ2) is 6.36. The van der Waals surface area contributed by atoms with E-state index in [-0.39, 0.29) is 11.9 Å². The van der Waals surface area contributed by atoms with Gasteiger partial charge in [0.15, 0.2) is 0 Å². The van der Waals surface area contributed by atoms with Crippen LogP contribution in [0.25, 0.3) is 0 Å². The van der Waals surface area contributed by atoms with Gasteiger partial charge in [-0.05, 0) is 38.3 Å². The predicted molar refractivity (Wildman–Crippen MR) is 76.3 cm³/mol. The summed E-state index contributed by atoms with van der Waals surface area (Å²) in [5.74, 6) is 0.00926. The number of aromatic nitrogens is 4. The maximum absolute atomic E-state index is 12.2. The van der Waals surface area contributed by atoms with Gasteiger partial charge in [0.05, 0.1) is 5.69 Å². The standard InChI is InChI=1S/C14H21N5O/c1-4-13(19-9-5-7-16-19)14(20)15-8-6-12-10(2)17-18-11(12)3/h5,7,9,13H,4,6,8H2,1-3H3,(H,15,20)(H,17,18). The van der Waals surface area contributed by atoms with Crippen LogP contribution in [0.1, 0.15) is 36.3 Å². The first-order chi connectivity index (χ1) is 9.63. The van der Waals surface area contributed by atoms with E-state index in [9.17, 15) is 4.79 Å². The molecule has 0 spiro atoms. The molecule has 20 heavy (non-hydrogen) atoms. The Morgan fingerprint density at radius 1 is 1.50 bits per heavy atom. The van der Waals surface area contributed by atoms with Crippen molar-refractivity contribution in [1.82, 2.24) is 25.3 Å². The molecule has 0 aromatic carbocycles. The molecule has 1 atom stereocenters. The molecule has 2 rings (SSSR count). The lowest BCUT2D eigenvalue weighted by Gasteiger charge is -2.15. The van der Waals surface area contributed by atoms with Gasteiger partial charge < -0.3 is 5.32 Å². The first kappa shape index (κ1) is 14.3. The number of H-pyrrole nitrogens is 1. The molecule has 0 aliphatic rings. The van der Waals surface area contributed by atoms with Crippen molar-refractivity contribution in [3.05, 3.63) is 35.4 Å². The number of aromatic amines is 1. The number of carbonyl (C=O) groups is 1. The van der Waals surface area contributed by atoms with Crippen molar-refractivity contribution in [3.8, 4) is 0 Å². The van der Waals surface area contributed by atoms with E-state index < -0.39 is 0 Å². The highest BCUT2D eigenvalue weighted by molar-refractivity contribution is 5.80. The van der Waals surface area contributed by atoms with Gasteiger partial charge in [-0.15, -0.1) is 0 Å². The molecule has 0 saturated carbocycles. The van der Waals surface area contributed by atoms with Crippen LogP contribution in [0, 0.1) is 13.8 Å². The molecule has 1 unspecified atom stereocenters. The summed E-state index contributed by atoms with van der Waals surface area (Å²) in [5.41, 5.74) is 3.24. The molecule has 2 N–H and O–H groups in total. The number of hydrogen-bond acceptors (Lipinski definition) is 3. The highest BCUT2D eigenvalue weighted by atomic mass is 16.2. The quantitative estimate of drug-likeness (QED) is 0.839. The fourth-order valence-corrected chi connectivity index (χ4v) is 2.33. The van der Waals surface area contributed by atoms with Gasteiger partial charge in [0.25, 0.3) is 0 Å². The third kappa shape index (κ3) is 3.07. The van der Waals surface area contributed by atoms with Gasteiger partial charge >= 0.3 is 0 Å². The van der Waals surface area contributed by atoms with Crippen LogP contribution < -0.4 is 5.32 Å². The van der Waals surface area contributed by atoms with Crippen LogP contribution in [-0.4, -0.2) is 32.4 Å². The number of nitrogens with one attached hydrogen (secondary N) is 2. The van der Waals surface area contributed by atoms with Crippen LogP contribution in [0.2, 0.25) is 0 Å². The minimum absolute atomic E-state index is 0.00926. The van der Waals surface area contributed by atoms with E-state index >= 15 is 0 Å². The molecular formula is C14H21N5O. The van der Waals surface area contributed by atoms with E-state index in [0.29, 0.717) is 6.54 Å². The van der Waals surface area contributed by atoms with Crippen LogP contribution in [0.5, 0.6) is 0 Å². The van der Waals surface area contributed by atoms with Crippen molar-refractivity contribution in [2.24, 2.45) is 0 Å². The Balaban J connectivity index is 1.89. The van der Waals surface area contributed by atoms with Gasteiger partial charge in [0.2, 0.25) is 5.91 Å². The maximum atomic E-state index is 12.2. The second-order valence-corrected chi connectivity index (χ2v) is 4.86. The van der Waals surface area contributed by atoms with Gasteiger partial charge in [0, 0.05) is 24.6 Å². The summed E-state index contributed by atoms with van der Waals surface area (Å²) in [7, 11) is 0. The molecule has 2 aromatic heterocycles. The van der Waals surface area contributed by atoms with Crippen LogP contribution in [-0.2, 0) is 11.2 Å². The summed E-state index contributed by atoms with van der Waals surface area (Å²) in [6.45, 7) is 6.56. The number of carbonyl (C=O) groups excluding carboxylic acids is 1. The fraction of sp³-hybridized carbons (Fsp3) is 0.500. The molecule has 2 heterocycles. The summed E-state index contributed by atoms with van der Waals surface area (Å²) in [4.78, 5) is 12.2. The molecule has 108 valence electrons. The number of amides is 1. The summed E-state index contributed by atoms with van der Waals surface area (Å²) < 4.78 is 1.70. The Hall–Kier alpha value is -2.11. The van der Waals surface area contributed by atoms with Gasteiger partial charge in [-0.25, -0.2) is 0 Å². The largest absolute Gasteiger partial charge is 0.354 e. The average molecular weight is 275 g/mol. The van der Waals surface area contributed by atoms with Crippen LogP contribution in [0.4, 0.5) is 0 Å².